The average molecular weight is 292 g/mol. The zero-order chi connectivity index (χ0) is 15.8. The molecule has 7 nitrogen and oxygen atoms in total. The molecule has 0 atom stereocenters. The fourth-order valence-electron chi connectivity index (χ4n) is 1.29. The van der Waals surface area contributed by atoms with Crippen LogP contribution >= 0.6 is 0 Å². The van der Waals surface area contributed by atoms with Gasteiger partial charge in [0.25, 0.3) is 0 Å². The first-order valence-corrected chi connectivity index (χ1v) is 5.91. The molecule has 0 unspecified atom stereocenters. The number of H-pyrrole nitrogens is 1. The van der Waals surface area contributed by atoms with Gasteiger partial charge in [0.05, 0.1) is 0 Å². The van der Waals surface area contributed by atoms with Gasteiger partial charge in [-0.25, -0.2) is 4.79 Å². The third-order valence-corrected chi connectivity index (χ3v) is 2.28. The van der Waals surface area contributed by atoms with E-state index in [0.29, 0.717) is 0 Å². The van der Waals surface area contributed by atoms with Crippen LogP contribution in [0.3, 0.4) is 0 Å². The van der Waals surface area contributed by atoms with Crippen LogP contribution in [0.15, 0.2) is 41.7 Å². The Hall–Kier alpha value is -2.96. The van der Waals surface area contributed by atoms with Crippen LogP contribution in [-0.4, -0.2) is 27.0 Å². The molecule has 2 rings (SSSR count). The second-order valence-corrected chi connectivity index (χ2v) is 3.96. The Morgan fingerprint density at radius 3 is 2.62 bits per heavy atom. The van der Waals surface area contributed by atoms with Crippen molar-refractivity contribution in [2.24, 2.45) is 0 Å². The molecule has 0 spiro atoms. The SMILES string of the molecule is CC(=O)Oc1ccncc1[14C](=O)O.Cc1c[nH]ccc1=O. The molecule has 0 radical (unpaired) electrons. The van der Waals surface area contributed by atoms with E-state index in [-0.39, 0.29) is 16.7 Å². The van der Waals surface area contributed by atoms with Gasteiger partial charge in [0.2, 0.25) is 0 Å². The number of aryl methyl sites for hydroxylation is 1. The van der Waals surface area contributed by atoms with Gasteiger partial charge < -0.3 is 14.8 Å². The van der Waals surface area contributed by atoms with E-state index < -0.39 is 11.9 Å². The number of carboxylic acid groups (broad SMARTS) is 1. The Bertz CT molecular complexity index is 694. The van der Waals surface area contributed by atoms with E-state index in [1.54, 1.807) is 19.3 Å². The van der Waals surface area contributed by atoms with Gasteiger partial charge in [-0.3, -0.25) is 14.6 Å². The van der Waals surface area contributed by atoms with E-state index in [1.165, 1.54) is 25.3 Å². The minimum Gasteiger partial charge on any atom is -0.477 e. The number of carbonyl (C=O) groups excluding carboxylic acids is 1. The van der Waals surface area contributed by atoms with Crippen LogP contribution in [0.4, 0.5) is 0 Å². The first-order valence-electron chi connectivity index (χ1n) is 5.91. The highest BCUT2D eigenvalue weighted by Crippen LogP contribution is 2.16. The summed E-state index contributed by atoms with van der Waals surface area (Å²) in [7, 11) is 0. The number of esters is 1. The van der Waals surface area contributed by atoms with Crippen molar-refractivity contribution in [2.45, 2.75) is 13.8 Å². The lowest BCUT2D eigenvalue weighted by Crippen LogP contribution is -2.07. The Balaban J connectivity index is 0.000000235. The molecule has 2 aromatic rings. The zero-order valence-electron chi connectivity index (χ0n) is 11.5. The molecule has 21 heavy (non-hydrogen) atoms. The van der Waals surface area contributed by atoms with Crippen LogP contribution in [-0.2, 0) is 4.79 Å². The predicted molar refractivity (Wildman–Crippen MR) is 74.3 cm³/mol. The summed E-state index contributed by atoms with van der Waals surface area (Å²) < 4.78 is 4.65. The first kappa shape index (κ1) is 16.1. The molecule has 0 fully saturated rings. The third-order valence-electron chi connectivity index (χ3n) is 2.28. The van der Waals surface area contributed by atoms with E-state index in [4.69, 9.17) is 5.11 Å². The van der Waals surface area contributed by atoms with Crippen molar-refractivity contribution < 1.29 is 19.4 Å². The predicted octanol–water partition coefficient (Wildman–Crippen LogP) is 1.39. The summed E-state index contributed by atoms with van der Waals surface area (Å²) in [6.07, 6.45) is 5.78. The Morgan fingerprint density at radius 2 is 2.14 bits per heavy atom. The Morgan fingerprint density at radius 1 is 1.43 bits per heavy atom. The maximum Gasteiger partial charge on any atom is 0.341 e. The van der Waals surface area contributed by atoms with Crippen LogP contribution < -0.4 is 10.2 Å². The van der Waals surface area contributed by atoms with Crippen molar-refractivity contribution in [1.29, 1.82) is 0 Å². The number of carbonyl (C=O) groups is 2. The fraction of sp³-hybridized carbons (Fsp3) is 0.143. The summed E-state index contributed by atoms with van der Waals surface area (Å²) in [5, 5.41) is 8.65. The molecular formula is C14H14N2O5. The second kappa shape index (κ2) is 7.59. The zero-order valence-corrected chi connectivity index (χ0v) is 11.5. The van der Waals surface area contributed by atoms with Crippen molar-refractivity contribution in [2.75, 3.05) is 0 Å². The summed E-state index contributed by atoms with van der Waals surface area (Å²) in [6.45, 7) is 2.98. The molecule has 0 aliphatic rings. The summed E-state index contributed by atoms with van der Waals surface area (Å²) in [5.41, 5.74) is 0.717. The number of nitrogens with zero attached hydrogens (tertiary/aromatic N) is 1. The molecule has 0 amide bonds. The Labute approximate surface area is 120 Å². The number of hydrogen-bond acceptors (Lipinski definition) is 5. The highest BCUT2D eigenvalue weighted by atomic mass is 16.6. The first-order chi connectivity index (χ1) is 9.91. The van der Waals surface area contributed by atoms with E-state index >= 15 is 0 Å². The second-order valence-electron chi connectivity index (χ2n) is 3.96. The van der Waals surface area contributed by atoms with Gasteiger partial charge in [0.15, 0.2) is 5.43 Å². The molecule has 7 heteroatoms. The van der Waals surface area contributed by atoms with Gasteiger partial charge in [-0.05, 0) is 6.92 Å². The van der Waals surface area contributed by atoms with Crippen LogP contribution in [0.5, 0.6) is 5.75 Å². The van der Waals surface area contributed by atoms with Crippen LogP contribution in [0.25, 0.3) is 0 Å². The number of ether oxygens (including phenoxy) is 1. The smallest absolute Gasteiger partial charge is 0.341 e. The van der Waals surface area contributed by atoms with Crippen LogP contribution in [0, 0.1) is 6.92 Å². The number of hydrogen-bond donors (Lipinski definition) is 2. The van der Waals surface area contributed by atoms with Gasteiger partial charge in [0, 0.05) is 49.4 Å². The summed E-state index contributed by atoms with van der Waals surface area (Å²) in [6, 6.07) is 2.83. The fourth-order valence-corrected chi connectivity index (χ4v) is 1.29. The van der Waals surface area contributed by atoms with Gasteiger partial charge >= 0.3 is 11.9 Å². The molecule has 2 N–H and O–H groups in total. The van der Waals surface area contributed by atoms with E-state index in [0.717, 1.165) is 11.8 Å². The van der Waals surface area contributed by atoms with E-state index in [1.807, 2.05) is 0 Å². The molecule has 2 heterocycles. The summed E-state index contributed by atoms with van der Waals surface area (Å²) >= 11 is 0. The standard InChI is InChI=1S/C8H7NO4.C6H7NO/c1-5(10)13-7-2-3-9-4-6(7)8(11)12;1-5-4-7-3-2-6(5)8/h2-4H,1H3,(H,11,12);2-4H,1H3,(H,7,8)/i8+2;. The number of aromatic nitrogens is 2. The number of aromatic amines is 1. The Kier molecular flexibility index (Phi) is 5.81. The van der Waals surface area contributed by atoms with Crippen molar-refractivity contribution in [1.82, 2.24) is 9.97 Å². The number of pyridine rings is 2. The summed E-state index contributed by atoms with van der Waals surface area (Å²) in [5.74, 6) is -1.73. The number of rotatable bonds is 2. The average Bonchev–Trinajstić information content (AvgIpc) is 2.42. The molecule has 110 valence electrons. The molecule has 0 aliphatic heterocycles. The normalized spacial score (nSPS) is 9.24. The van der Waals surface area contributed by atoms with Crippen molar-refractivity contribution >= 4 is 11.9 Å². The molecule has 2 aromatic heterocycles. The van der Waals surface area contributed by atoms with Crippen molar-refractivity contribution in [3.8, 4) is 5.75 Å². The molecular weight excluding hydrogens is 278 g/mol. The van der Waals surface area contributed by atoms with E-state index in [2.05, 4.69) is 14.7 Å². The summed E-state index contributed by atoms with van der Waals surface area (Å²) in [4.78, 5) is 38.1. The largest absolute Gasteiger partial charge is 0.477 e. The number of nitrogens with one attached hydrogen (secondary N) is 1. The maximum atomic E-state index is 10.6. The monoisotopic (exact) mass is 292 g/mol. The molecule has 0 aromatic carbocycles. The maximum absolute atomic E-state index is 10.6. The number of carboxylic acids is 1. The van der Waals surface area contributed by atoms with Crippen LogP contribution in [0.2, 0.25) is 0 Å². The van der Waals surface area contributed by atoms with Gasteiger partial charge in [0.1, 0.15) is 11.3 Å². The molecule has 0 saturated heterocycles. The van der Waals surface area contributed by atoms with Crippen LogP contribution in [0.1, 0.15) is 22.8 Å². The van der Waals surface area contributed by atoms with Gasteiger partial charge in [-0.15, -0.1) is 0 Å². The van der Waals surface area contributed by atoms with Gasteiger partial charge in [-0.1, -0.05) is 0 Å². The van der Waals surface area contributed by atoms with Gasteiger partial charge in [-0.2, -0.15) is 0 Å². The molecule has 0 saturated carbocycles. The lowest BCUT2D eigenvalue weighted by Gasteiger charge is -2.03. The van der Waals surface area contributed by atoms with E-state index in [9.17, 15) is 14.4 Å². The molecule has 0 aliphatic carbocycles. The molecule has 0 bridgehead atoms. The highest BCUT2D eigenvalue weighted by Gasteiger charge is 2.11. The number of aromatic carboxylic acids is 1. The minimum absolute atomic E-state index is 0.00926. The van der Waals surface area contributed by atoms with Crippen molar-refractivity contribution in [3.63, 3.8) is 0 Å². The lowest BCUT2D eigenvalue weighted by molar-refractivity contribution is -0.131. The topological polar surface area (TPSA) is 109 Å². The lowest BCUT2D eigenvalue weighted by atomic mass is 10.3. The third kappa shape index (κ3) is 5.27. The highest BCUT2D eigenvalue weighted by molar-refractivity contribution is 5.91. The quantitative estimate of drug-likeness (QED) is 0.809. The minimum atomic E-state index is -1.18. The van der Waals surface area contributed by atoms with Crippen molar-refractivity contribution in [3.05, 3.63) is 58.3 Å².